The van der Waals surface area contributed by atoms with E-state index in [1.165, 1.54) is 16.0 Å². The average molecular weight is 239 g/mol. The normalized spacial score (nSPS) is 10.5. The first-order chi connectivity index (χ1) is 7.76. The number of ether oxygens (including phenoxy) is 1. The van der Waals surface area contributed by atoms with Crippen LogP contribution < -0.4 is 10.5 Å². The maximum absolute atomic E-state index is 5.55. The van der Waals surface area contributed by atoms with Gasteiger partial charge in [-0.15, -0.1) is 11.8 Å². The number of hydrogen-bond acceptors (Lipinski definition) is 3. The monoisotopic (exact) mass is 239 g/mol. The Bertz CT molecular complexity index is 339. The molecule has 0 spiro atoms. The van der Waals surface area contributed by atoms with Crippen LogP contribution >= 0.6 is 11.8 Å². The van der Waals surface area contributed by atoms with Gasteiger partial charge in [0.15, 0.2) is 0 Å². The fraction of sp³-hybridized carbons (Fsp3) is 0.538. The Hall–Kier alpha value is -0.670. The Kier molecular flexibility index (Phi) is 5.71. The second-order valence-electron chi connectivity index (χ2n) is 3.72. The van der Waals surface area contributed by atoms with Gasteiger partial charge in [0.25, 0.3) is 0 Å². The lowest BCUT2D eigenvalue weighted by atomic mass is 10.0. The van der Waals surface area contributed by atoms with Crippen molar-refractivity contribution < 1.29 is 4.74 Å². The number of nitrogens with two attached hydrogens (primary N) is 1. The van der Waals surface area contributed by atoms with Gasteiger partial charge >= 0.3 is 0 Å². The molecule has 0 fully saturated rings. The van der Waals surface area contributed by atoms with Gasteiger partial charge in [-0.2, -0.15) is 0 Å². The summed E-state index contributed by atoms with van der Waals surface area (Å²) in [7, 11) is 1.74. The van der Waals surface area contributed by atoms with Crippen LogP contribution in [0.5, 0.6) is 5.75 Å². The van der Waals surface area contributed by atoms with Gasteiger partial charge < -0.3 is 10.5 Å². The van der Waals surface area contributed by atoms with E-state index in [9.17, 15) is 0 Å². The summed E-state index contributed by atoms with van der Waals surface area (Å²) in [4.78, 5) is 1.36. The summed E-state index contributed by atoms with van der Waals surface area (Å²) in [6.07, 6.45) is 5.17. The Morgan fingerprint density at radius 1 is 1.31 bits per heavy atom. The molecule has 0 aliphatic carbocycles. The van der Waals surface area contributed by atoms with Crippen molar-refractivity contribution >= 4 is 11.8 Å². The lowest BCUT2D eigenvalue weighted by molar-refractivity contribution is 0.408. The lowest BCUT2D eigenvalue weighted by Gasteiger charge is -2.13. The lowest BCUT2D eigenvalue weighted by Crippen LogP contribution is -2.02. The van der Waals surface area contributed by atoms with Crippen molar-refractivity contribution in [2.45, 2.75) is 31.1 Å². The quantitative estimate of drug-likeness (QED) is 0.775. The van der Waals surface area contributed by atoms with Crippen molar-refractivity contribution in [2.24, 2.45) is 5.73 Å². The summed E-state index contributed by atoms with van der Waals surface area (Å²) in [6.45, 7) is 2.90. The van der Waals surface area contributed by atoms with E-state index in [-0.39, 0.29) is 0 Å². The van der Waals surface area contributed by atoms with Crippen molar-refractivity contribution in [3.05, 3.63) is 23.3 Å². The van der Waals surface area contributed by atoms with Crippen LogP contribution in [0, 0.1) is 0 Å². The van der Waals surface area contributed by atoms with E-state index in [4.69, 9.17) is 10.5 Å². The second kappa shape index (κ2) is 6.81. The van der Waals surface area contributed by atoms with Crippen molar-refractivity contribution in [2.75, 3.05) is 19.9 Å². The Balaban J connectivity index is 3.05. The first kappa shape index (κ1) is 13.4. The third kappa shape index (κ3) is 3.16. The smallest absolute Gasteiger partial charge is 0.122 e. The highest BCUT2D eigenvalue weighted by atomic mass is 32.2. The largest absolute Gasteiger partial charge is 0.496 e. The predicted molar refractivity (Wildman–Crippen MR) is 71.5 cm³/mol. The zero-order chi connectivity index (χ0) is 12.0. The van der Waals surface area contributed by atoms with Gasteiger partial charge in [0.05, 0.1) is 7.11 Å². The molecule has 3 heteroatoms. The summed E-state index contributed by atoms with van der Waals surface area (Å²) in [5.41, 5.74) is 8.18. The zero-order valence-electron chi connectivity index (χ0n) is 10.4. The third-order valence-corrected chi connectivity index (χ3v) is 3.53. The van der Waals surface area contributed by atoms with Crippen molar-refractivity contribution in [1.29, 1.82) is 0 Å². The van der Waals surface area contributed by atoms with Crippen LogP contribution in [0.1, 0.15) is 24.5 Å². The van der Waals surface area contributed by atoms with E-state index in [1.807, 2.05) is 0 Å². The SMILES string of the molecule is CCc1cc(OC)c(CCCN)cc1SC. The predicted octanol–water partition coefficient (Wildman–Crippen LogP) is 2.87. The molecular formula is C13H21NOS. The standard InChI is InChI=1S/C13H21NOS/c1-4-10-8-12(15-2)11(6-5-7-14)9-13(10)16-3/h8-9H,4-7,14H2,1-3H3. The first-order valence-corrected chi connectivity index (χ1v) is 6.93. The molecule has 1 aromatic carbocycles. The average Bonchev–Trinajstić information content (AvgIpc) is 2.35. The minimum Gasteiger partial charge on any atom is -0.496 e. The van der Waals surface area contributed by atoms with Crippen LogP contribution in [0.3, 0.4) is 0 Å². The highest BCUT2D eigenvalue weighted by molar-refractivity contribution is 7.98. The first-order valence-electron chi connectivity index (χ1n) is 5.70. The van der Waals surface area contributed by atoms with Crippen molar-refractivity contribution in [1.82, 2.24) is 0 Å². The molecule has 0 unspecified atom stereocenters. The van der Waals surface area contributed by atoms with E-state index >= 15 is 0 Å². The molecule has 0 bridgehead atoms. The number of benzene rings is 1. The number of rotatable bonds is 6. The third-order valence-electron chi connectivity index (χ3n) is 2.71. The van der Waals surface area contributed by atoms with Gasteiger partial charge in [-0.1, -0.05) is 6.92 Å². The molecule has 0 aromatic heterocycles. The number of aryl methyl sites for hydroxylation is 2. The number of hydrogen-bond donors (Lipinski definition) is 1. The summed E-state index contributed by atoms with van der Waals surface area (Å²) in [6, 6.07) is 4.41. The van der Waals surface area contributed by atoms with Crippen LogP contribution in [0.25, 0.3) is 0 Å². The Morgan fingerprint density at radius 3 is 2.56 bits per heavy atom. The number of thioether (sulfide) groups is 1. The molecule has 0 aliphatic heterocycles. The van der Waals surface area contributed by atoms with Crippen LogP contribution in [0.2, 0.25) is 0 Å². The Morgan fingerprint density at radius 2 is 2.06 bits per heavy atom. The van der Waals surface area contributed by atoms with Gasteiger partial charge in [-0.3, -0.25) is 0 Å². The van der Waals surface area contributed by atoms with E-state index in [1.54, 1.807) is 18.9 Å². The molecule has 2 nitrogen and oxygen atoms in total. The molecule has 2 N–H and O–H groups in total. The molecule has 90 valence electrons. The van der Waals surface area contributed by atoms with E-state index in [0.717, 1.165) is 31.6 Å². The fourth-order valence-corrected chi connectivity index (χ4v) is 2.51. The Labute approximate surface area is 103 Å². The topological polar surface area (TPSA) is 35.2 Å². The van der Waals surface area contributed by atoms with E-state index < -0.39 is 0 Å². The zero-order valence-corrected chi connectivity index (χ0v) is 11.2. The van der Waals surface area contributed by atoms with Crippen LogP contribution in [0.15, 0.2) is 17.0 Å². The maximum atomic E-state index is 5.55. The molecule has 0 amide bonds. The molecule has 1 rings (SSSR count). The summed E-state index contributed by atoms with van der Waals surface area (Å²) < 4.78 is 5.43. The van der Waals surface area contributed by atoms with Gasteiger partial charge in [-0.05, 0) is 55.3 Å². The molecular weight excluding hydrogens is 218 g/mol. The second-order valence-corrected chi connectivity index (χ2v) is 4.57. The van der Waals surface area contributed by atoms with Gasteiger partial charge in [0.1, 0.15) is 5.75 Å². The molecule has 16 heavy (non-hydrogen) atoms. The van der Waals surface area contributed by atoms with Crippen LogP contribution in [-0.2, 0) is 12.8 Å². The van der Waals surface area contributed by atoms with E-state index in [2.05, 4.69) is 25.3 Å². The van der Waals surface area contributed by atoms with Crippen LogP contribution in [-0.4, -0.2) is 19.9 Å². The van der Waals surface area contributed by atoms with Crippen LogP contribution in [0.4, 0.5) is 0 Å². The number of methoxy groups -OCH3 is 1. The highest BCUT2D eigenvalue weighted by Crippen LogP contribution is 2.30. The molecule has 1 aromatic rings. The van der Waals surface area contributed by atoms with E-state index in [0.29, 0.717) is 0 Å². The van der Waals surface area contributed by atoms with Crippen molar-refractivity contribution in [3.63, 3.8) is 0 Å². The summed E-state index contributed by atoms with van der Waals surface area (Å²) in [5, 5.41) is 0. The molecule has 0 aliphatic rings. The summed E-state index contributed by atoms with van der Waals surface area (Å²) in [5.74, 6) is 1.00. The van der Waals surface area contributed by atoms with Gasteiger partial charge in [0, 0.05) is 4.90 Å². The molecule has 0 radical (unpaired) electrons. The minimum absolute atomic E-state index is 0.729. The molecule has 0 saturated heterocycles. The summed E-state index contributed by atoms with van der Waals surface area (Å²) >= 11 is 1.80. The van der Waals surface area contributed by atoms with Gasteiger partial charge in [0.2, 0.25) is 0 Å². The highest BCUT2D eigenvalue weighted by Gasteiger charge is 2.08. The molecule has 0 saturated carbocycles. The molecule has 0 heterocycles. The molecule has 0 atom stereocenters. The maximum Gasteiger partial charge on any atom is 0.122 e. The fourth-order valence-electron chi connectivity index (χ4n) is 1.79. The van der Waals surface area contributed by atoms with Gasteiger partial charge in [-0.25, -0.2) is 0 Å². The minimum atomic E-state index is 0.729. The van der Waals surface area contributed by atoms with Crippen molar-refractivity contribution in [3.8, 4) is 5.75 Å².